The molecule has 1 aliphatic heterocycles. The van der Waals surface area contributed by atoms with E-state index >= 15 is 0 Å². The SMILES string of the molecule is CC/C=C\CC1C(CC(=O)OC(CCCCCCCCC2CC2CCCCCCCC)CCCCCCCCC2CC2CCCCCCCC)CCC1OC(=O)CC1CCN(C)C1. The summed E-state index contributed by atoms with van der Waals surface area (Å²) >= 11 is 0. The first-order chi connectivity index (χ1) is 30.9. The lowest BCUT2D eigenvalue weighted by Gasteiger charge is -2.25. The summed E-state index contributed by atoms with van der Waals surface area (Å²) in [6.07, 6.45) is 54.2. The van der Waals surface area contributed by atoms with Crippen LogP contribution in [0.5, 0.6) is 0 Å². The maximum absolute atomic E-state index is 13.7. The van der Waals surface area contributed by atoms with Crippen molar-refractivity contribution >= 4 is 11.9 Å². The van der Waals surface area contributed by atoms with E-state index in [0.717, 1.165) is 81.7 Å². The molecule has 1 heterocycles. The Kier molecular flexibility index (Phi) is 29.3. The monoisotopic (exact) mass is 880 g/mol. The molecule has 0 aromatic rings. The Morgan fingerprint density at radius 2 is 1.02 bits per heavy atom. The molecular weight excluding hydrogens is 775 g/mol. The van der Waals surface area contributed by atoms with Crippen LogP contribution in [-0.4, -0.2) is 49.2 Å². The van der Waals surface area contributed by atoms with Gasteiger partial charge in [0.25, 0.3) is 0 Å². The standard InChI is InChI=1S/C58H105NO4/c1-5-8-11-13-19-26-32-49-44-51(49)34-28-21-15-17-23-30-36-54(37-31-24-18-16-22-29-35-52-45-50(52)33-27-20-14-12-9-6-2)62-58(61)46-53-39-40-56(55(53)38-25-10-7-3)63-57(60)43-48-41-42-59(4)47-48/h10,25,48-56H,5-9,11-24,26-47H2,1-4H3/b25-10-. The van der Waals surface area contributed by atoms with E-state index < -0.39 is 0 Å². The van der Waals surface area contributed by atoms with Crippen LogP contribution in [0.15, 0.2) is 12.2 Å². The number of ether oxygens (including phenoxy) is 2. The van der Waals surface area contributed by atoms with Crippen LogP contribution in [0, 0.1) is 41.4 Å². The fourth-order valence-corrected chi connectivity index (χ4v) is 12.0. The Morgan fingerprint density at radius 1 is 0.540 bits per heavy atom. The third kappa shape index (κ3) is 24.8. The number of carbonyl (C=O) groups is 2. The molecule has 4 rings (SSSR count). The van der Waals surface area contributed by atoms with E-state index in [1.54, 1.807) is 0 Å². The van der Waals surface area contributed by atoms with E-state index in [-0.39, 0.29) is 36.0 Å². The van der Waals surface area contributed by atoms with Crippen molar-refractivity contribution in [3.8, 4) is 0 Å². The van der Waals surface area contributed by atoms with Gasteiger partial charge in [0.15, 0.2) is 0 Å². The Morgan fingerprint density at radius 3 is 1.48 bits per heavy atom. The normalized spacial score (nSPS) is 26.2. The topological polar surface area (TPSA) is 55.8 Å². The average Bonchev–Trinajstić information content (AvgIpc) is 4.13. The number of hydrogen-bond donors (Lipinski definition) is 0. The molecule has 0 aromatic carbocycles. The number of hydrogen-bond acceptors (Lipinski definition) is 5. The predicted octanol–water partition coefficient (Wildman–Crippen LogP) is 16.9. The number of carbonyl (C=O) groups excluding carboxylic acids is 2. The maximum Gasteiger partial charge on any atom is 0.306 e. The van der Waals surface area contributed by atoms with Crippen LogP contribution in [0.4, 0.5) is 0 Å². The van der Waals surface area contributed by atoms with Crippen molar-refractivity contribution in [1.29, 1.82) is 0 Å². The smallest absolute Gasteiger partial charge is 0.306 e. The van der Waals surface area contributed by atoms with Crippen molar-refractivity contribution in [2.24, 2.45) is 41.4 Å². The summed E-state index contributed by atoms with van der Waals surface area (Å²) in [5.74, 6) is 4.97. The van der Waals surface area contributed by atoms with Gasteiger partial charge in [0.2, 0.25) is 0 Å². The Balaban J connectivity index is 1.12. The summed E-state index contributed by atoms with van der Waals surface area (Å²) < 4.78 is 12.6. The first-order valence-electron chi connectivity index (χ1n) is 28.6. The van der Waals surface area contributed by atoms with Crippen LogP contribution in [0.2, 0.25) is 0 Å². The van der Waals surface area contributed by atoms with E-state index in [2.05, 4.69) is 44.9 Å². The molecule has 1 saturated heterocycles. The molecule has 0 bridgehead atoms. The molecule has 4 aliphatic rings. The average molecular weight is 880 g/mol. The molecule has 5 heteroatoms. The minimum atomic E-state index is -0.0849. The van der Waals surface area contributed by atoms with Gasteiger partial charge >= 0.3 is 11.9 Å². The summed E-state index contributed by atoms with van der Waals surface area (Å²) in [4.78, 5) is 29.1. The van der Waals surface area contributed by atoms with Gasteiger partial charge in [0.05, 0.1) is 0 Å². The van der Waals surface area contributed by atoms with E-state index in [1.807, 2.05) is 0 Å². The zero-order valence-electron chi connectivity index (χ0n) is 42.4. The molecule has 8 atom stereocenters. The molecule has 0 spiro atoms. The van der Waals surface area contributed by atoms with Crippen molar-refractivity contribution in [1.82, 2.24) is 4.90 Å². The number of nitrogens with zero attached hydrogens (tertiary/aromatic N) is 1. The Labute approximate surface area is 391 Å². The first kappa shape index (κ1) is 54.2. The number of allylic oxidation sites excluding steroid dienone is 2. The van der Waals surface area contributed by atoms with Crippen molar-refractivity contribution in [3.05, 3.63) is 12.2 Å². The first-order valence-corrected chi connectivity index (χ1v) is 28.6. The van der Waals surface area contributed by atoms with Crippen LogP contribution in [-0.2, 0) is 19.1 Å². The van der Waals surface area contributed by atoms with Crippen molar-refractivity contribution in [2.45, 2.75) is 283 Å². The summed E-state index contributed by atoms with van der Waals surface area (Å²) in [5, 5.41) is 0. The second-order valence-corrected chi connectivity index (χ2v) is 22.1. The van der Waals surface area contributed by atoms with Crippen LogP contribution in [0.25, 0.3) is 0 Å². The van der Waals surface area contributed by atoms with Gasteiger partial charge in [0, 0.05) is 25.3 Å². The lowest BCUT2D eigenvalue weighted by molar-refractivity contribution is -0.153. The van der Waals surface area contributed by atoms with Crippen molar-refractivity contribution in [3.63, 3.8) is 0 Å². The molecule has 0 radical (unpaired) electrons. The molecule has 3 saturated carbocycles. The fraction of sp³-hybridized carbons (Fsp3) is 0.931. The van der Waals surface area contributed by atoms with Crippen LogP contribution in [0.1, 0.15) is 271 Å². The lowest BCUT2D eigenvalue weighted by Crippen LogP contribution is -2.28. The second-order valence-electron chi connectivity index (χ2n) is 22.1. The zero-order chi connectivity index (χ0) is 44.7. The lowest BCUT2D eigenvalue weighted by atomic mass is 9.88. The molecule has 4 fully saturated rings. The highest BCUT2D eigenvalue weighted by Gasteiger charge is 2.40. The third-order valence-corrected chi connectivity index (χ3v) is 16.4. The molecular formula is C58H105NO4. The van der Waals surface area contributed by atoms with Crippen molar-refractivity contribution < 1.29 is 19.1 Å². The quantitative estimate of drug-likeness (QED) is 0.0348. The minimum Gasteiger partial charge on any atom is -0.462 e. The molecule has 0 N–H and O–H groups in total. The van der Waals surface area contributed by atoms with Crippen LogP contribution >= 0.6 is 0 Å². The summed E-state index contributed by atoms with van der Waals surface area (Å²) in [7, 11) is 2.14. The summed E-state index contributed by atoms with van der Waals surface area (Å²) in [6, 6.07) is 0. The van der Waals surface area contributed by atoms with Gasteiger partial charge in [-0.3, -0.25) is 9.59 Å². The molecule has 366 valence electrons. The van der Waals surface area contributed by atoms with Crippen LogP contribution in [0.3, 0.4) is 0 Å². The van der Waals surface area contributed by atoms with Gasteiger partial charge in [-0.15, -0.1) is 0 Å². The van der Waals surface area contributed by atoms with Gasteiger partial charge < -0.3 is 14.4 Å². The van der Waals surface area contributed by atoms with Gasteiger partial charge in [-0.25, -0.2) is 0 Å². The number of esters is 2. The van der Waals surface area contributed by atoms with Gasteiger partial charge in [0.1, 0.15) is 12.2 Å². The molecule has 5 nitrogen and oxygen atoms in total. The summed E-state index contributed by atoms with van der Waals surface area (Å²) in [5.41, 5.74) is 0. The molecule has 3 aliphatic carbocycles. The fourth-order valence-electron chi connectivity index (χ4n) is 12.0. The second kappa shape index (κ2) is 34.0. The highest BCUT2D eigenvalue weighted by molar-refractivity contribution is 5.71. The molecule has 0 aromatic heterocycles. The van der Waals surface area contributed by atoms with E-state index in [9.17, 15) is 9.59 Å². The Bertz CT molecular complexity index is 1140. The molecule has 0 amide bonds. The van der Waals surface area contributed by atoms with Gasteiger partial charge in [-0.05, 0) is 120 Å². The van der Waals surface area contributed by atoms with E-state index in [4.69, 9.17) is 9.47 Å². The van der Waals surface area contributed by atoms with Crippen molar-refractivity contribution in [2.75, 3.05) is 20.1 Å². The number of unbranched alkanes of at least 4 members (excludes halogenated alkanes) is 20. The highest BCUT2D eigenvalue weighted by Crippen LogP contribution is 2.47. The molecule has 63 heavy (non-hydrogen) atoms. The maximum atomic E-state index is 13.7. The van der Waals surface area contributed by atoms with Gasteiger partial charge in [-0.2, -0.15) is 0 Å². The Hall–Kier alpha value is -1.36. The largest absolute Gasteiger partial charge is 0.462 e. The number of likely N-dealkylation sites (tertiary alicyclic amines) is 1. The van der Waals surface area contributed by atoms with E-state index in [0.29, 0.717) is 18.8 Å². The third-order valence-electron chi connectivity index (χ3n) is 16.4. The minimum absolute atomic E-state index is 0.0137. The summed E-state index contributed by atoms with van der Waals surface area (Å²) in [6.45, 7) is 8.83. The van der Waals surface area contributed by atoms with Crippen LogP contribution < -0.4 is 0 Å². The van der Waals surface area contributed by atoms with Gasteiger partial charge in [-0.1, -0.05) is 200 Å². The molecule has 8 unspecified atom stereocenters. The number of rotatable bonds is 41. The highest BCUT2D eigenvalue weighted by atomic mass is 16.5. The zero-order valence-corrected chi connectivity index (χ0v) is 42.4. The predicted molar refractivity (Wildman–Crippen MR) is 268 cm³/mol. The van der Waals surface area contributed by atoms with E-state index in [1.165, 1.54) is 193 Å².